The topological polar surface area (TPSA) is 64.7 Å². The summed E-state index contributed by atoms with van der Waals surface area (Å²) < 4.78 is 27.8. The van der Waals surface area contributed by atoms with Crippen LogP contribution in [0.25, 0.3) is 0 Å². The van der Waals surface area contributed by atoms with Crippen LogP contribution in [-0.2, 0) is 16.1 Å². The largest absolute Gasteiger partial charge is 0.353 e. The summed E-state index contributed by atoms with van der Waals surface area (Å²) in [5, 5.41) is 6.41. The number of nitrogens with zero attached hydrogens (tertiary/aromatic N) is 2. The van der Waals surface area contributed by atoms with E-state index in [2.05, 4.69) is 38.3 Å². The van der Waals surface area contributed by atoms with Crippen molar-refractivity contribution in [2.45, 2.75) is 76.7 Å². The number of piperidine rings is 1. The molecule has 172 valence electrons. The second-order valence-electron chi connectivity index (χ2n) is 10.2. The van der Waals surface area contributed by atoms with Crippen molar-refractivity contribution in [1.29, 1.82) is 0 Å². The van der Waals surface area contributed by atoms with Crippen molar-refractivity contribution >= 4 is 11.8 Å². The summed E-state index contributed by atoms with van der Waals surface area (Å²) >= 11 is 0. The van der Waals surface area contributed by atoms with Crippen LogP contribution in [0.1, 0.15) is 52.5 Å². The quantitative estimate of drug-likeness (QED) is 0.744. The third-order valence-electron chi connectivity index (χ3n) is 6.32. The number of hydrogen-bond acceptors (Lipinski definition) is 4. The van der Waals surface area contributed by atoms with Crippen molar-refractivity contribution < 1.29 is 18.4 Å². The minimum absolute atomic E-state index is 0.00402. The van der Waals surface area contributed by atoms with Crippen molar-refractivity contribution in [2.75, 3.05) is 20.1 Å². The van der Waals surface area contributed by atoms with Crippen LogP contribution in [0.3, 0.4) is 0 Å². The Kier molecular flexibility index (Phi) is 6.72. The van der Waals surface area contributed by atoms with Gasteiger partial charge in [-0.25, -0.2) is 8.78 Å². The van der Waals surface area contributed by atoms with Gasteiger partial charge in [-0.15, -0.1) is 0 Å². The lowest BCUT2D eigenvalue weighted by molar-refractivity contribution is -0.140. The molecule has 0 aromatic heterocycles. The highest BCUT2D eigenvalue weighted by Gasteiger charge is 2.41. The monoisotopic (exact) mass is 436 g/mol. The van der Waals surface area contributed by atoms with E-state index in [1.807, 2.05) is 0 Å². The van der Waals surface area contributed by atoms with E-state index in [0.717, 1.165) is 18.9 Å². The van der Waals surface area contributed by atoms with E-state index in [4.69, 9.17) is 0 Å². The van der Waals surface area contributed by atoms with E-state index >= 15 is 0 Å². The number of amides is 2. The first-order valence-corrected chi connectivity index (χ1v) is 10.9. The molecule has 0 bridgehead atoms. The van der Waals surface area contributed by atoms with Crippen LogP contribution in [0.4, 0.5) is 8.78 Å². The molecule has 1 atom stereocenters. The Labute approximate surface area is 183 Å². The minimum Gasteiger partial charge on any atom is -0.353 e. The highest BCUT2D eigenvalue weighted by Crippen LogP contribution is 2.31. The van der Waals surface area contributed by atoms with E-state index in [9.17, 15) is 18.4 Å². The fraction of sp³-hybridized carbons (Fsp3) is 0.652. The Hall–Kier alpha value is -2.06. The molecule has 2 aliphatic rings. The molecule has 8 heteroatoms. The molecule has 31 heavy (non-hydrogen) atoms. The van der Waals surface area contributed by atoms with Gasteiger partial charge in [0.25, 0.3) is 0 Å². The highest BCUT2D eigenvalue weighted by molar-refractivity contribution is 5.88. The molecule has 0 saturated carbocycles. The van der Waals surface area contributed by atoms with Crippen LogP contribution >= 0.6 is 0 Å². The van der Waals surface area contributed by atoms with Crippen molar-refractivity contribution in [3.05, 3.63) is 35.4 Å². The van der Waals surface area contributed by atoms with Crippen LogP contribution in [0.5, 0.6) is 0 Å². The van der Waals surface area contributed by atoms with Gasteiger partial charge < -0.3 is 15.5 Å². The summed E-state index contributed by atoms with van der Waals surface area (Å²) in [6.07, 6.45) is 1.63. The van der Waals surface area contributed by atoms with Crippen molar-refractivity contribution in [2.24, 2.45) is 0 Å². The van der Waals surface area contributed by atoms with Gasteiger partial charge in [0.2, 0.25) is 11.8 Å². The summed E-state index contributed by atoms with van der Waals surface area (Å²) in [5.74, 6) is -2.20. The molecular weight excluding hydrogens is 402 g/mol. The molecule has 3 rings (SSSR count). The van der Waals surface area contributed by atoms with E-state index < -0.39 is 17.7 Å². The van der Waals surface area contributed by atoms with Gasteiger partial charge in [0.1, 0.15) is 0 Å². The fourth-order valence-corrected chi connectivity index (χ4v) is 5.12. The van der Waals surface area contributed by atoms with Gasteiger partial charge in [-0.1, -0.05) is 12.1 Å². The molecule has 0 radical (unpaired) electrons. The van der Waals surface area contributed by atoms with Crippen molar-refractivity contribution in [3.8, 4) is 0 Å². The number of nitrogens with one attached hydrogen (secondary N) is 2. The van der Waals surface area contributed by atoms with Gasteiger partial charge in [0, 0.05) is 49.4 Å². The molecule has 2 aliphatic heterocycles. The van der Waals surface area contributed by atoms with Crippen LogP contribution < -0.4 is 10.6 Å². The van der Waals surface area contributed by atoms with Crippen molar-refractivity contribution in [3.63, 3.8) is 0 Å². The maximum Gasteiger partial charge on any atom is 0.237 e. The average molecular weight is 437 g/mol. The van der Waals surface area contributed by atoms with Crippen LogP contribution in [0, 0.1) is 11.6 Å². The maximum absolute atomic E-state index is 14.2. The Balaban J connectivity index is 1.72. The standard InChI is InChI=1S/C23H34F2N4O2/c1-22(2)12-16(13-23(3,4)27-22)28(5)19(30)11-18-21(31)26-9-10-29(18)14-15-7-6-8-17(24)20(15)25/h6-8,16,18,27H,9-14H2,1-5H3,(H,26,31)/t18-/m0/s1. The number of rotatable bonds is 5. The normalized spacial score (nSPS) is 24.0. The Morgan fingerprint density at radius 1 is 1.19 bits per heavy atom. The average Bonchev–Trinajstić information content (AvgIpc) is 2.65. The molecule has 2 N–H and O–H groups in total. The first-order chi connectivity index (χ1) is 14.4. The Morgan fingerprint density at radius 3 is 2.48 bits per heavy atom. The third kappa shape index (κ3) is 5.60. The first-order valence-electron chi connectivity index (χ1n) is 10.9. The zero-order valence-electron chi connectivity index (χ0n) is 19.1. The number of carbonyl (C=O) groups is 2. The summed E-state index contributed by atoms with van der Waals surface area (Å²) in [4.78, 5) is 29.3. The van der Waals surface area contributed by atoms with E-state index in [1.54, 1.807) is 16.8 Å². The Bertz CT molecular complexity index is 827. The molecule has 0 spiro atoms. The van der Waals surface area contributed by atoms with Gasteiger partial charge in [-0.05, 0) is 46.6 Å². The zero-order chi connectivity index (χ0) is 23.0. The molecule has 2 saturated heterocycles. The molecule has 0 unspecified atom stereocenters. The smallest absolute Gasteiger partial charge is 0.237 e. The van der Waals surface area contributed by atoms with Gasteiger partial charge >= 0.3 is 0 Å². The van der Waals surface area contributed by atoms with E-state index in [-0.39, 0.29) is 47.5 Å². The lowest BCUT2D eigenvalue weighted by atomic mass is 9.79. The highest BCUT2D eigenvalue weighted by atomic mass is 19.2. The van der Waals surface area contributed by atoms with E-state index in [0.29, 0.717) is 13.1 Å². The second kappa shape index (κ2) is 8.82. The second-order valence-corrected chi connectivity index (χ2v) is 10.2. The molecule has 1 aromatic rings. The molecule has 2 fully saturated rings. The SMILES string of the molecule is CN(C(=O)C[C@H]1C(=O)NCCN1Cc1cccc(F)c1F)C1CC(C)(C)NC(C)(C)C1. The first kappa shape index (κ1) is 23.6. The fourth-order valence-electron chi connectivity index (χ4n) is 5.12. The van der Waals surface area contributed by atoms with Gasteiger partial charge in [-0.2, -0.15) is 0 Å². The van der Waals surface area contributed by atoms with E-state index in [1.165, 1.54) is 12.1 Å². The molecule has 0 aliphatic carbocycles. The predicted molar refractivity (Wildman–Crippen MR) is 115 cm³/mol. The number of hydrogen-bond donors (Lipinski definition) is 2. The molecule has 6 nitrogen and oxygen atoms in total. The molecular formula is C23H34F2N4O2. The predicted octanol–water partition coefficient (Wildman–Crippen LogP) is 2.42. The number of carbonyl (C=O) groups excluding carboxylic acids is 2. The number of halogens is 2. The summed E-state index contributed by atoms with van der Waals surface area (Å²) in [7, 11) is 1.79. The summed E-state index contributed by atoms with van der Waals surface area (Å²) in [5.41, 5.74) is -0.0313. The lowest BCUT2D eigenvalue weighted by Crippen LogP contribution is -2.63. The molecule has 2 heterocycles. The zero-order valence-corrected chi connectivity index (χ0v) is 19.1. The molecule has 1 aromatic carbocycles. The third-order valence-corrected chi connectivity index (χ3v) is 6.32. The van der Waals surface area contributed by atoms with Gasteiger partial charge in [0.15, 0.2) is 11.6 Å². The minimum atomic E-state index is -0.914. The number of benzene rings is 1. The Morgan fingerprint density at radius 2 is 1.84 bits per heavy atom. The van der Waals surface area contributed by atoms with Crippen LogP contribution in [0.2, 0.25) is 0 Å². The van der Waals surface area contributed by atoms with Crippen molar-refractivity contribution in [1.82, 2.24) is 20.4 Å². The van der Waals surface area contributed by atoms with Crippen LogP contribution in [-0.4, -0.2) is 64.9 Å². The van der Waals surface area contributed by atoms with Crippen LogP contribution in [0.15, 0.2) is 18.2 Å². The summed E-state index contributed by atoms with van der Waals surface area (Å²) in [6, 6.07) is 3.37. The van der Waals surface area contributed by atoms with Gasteiger partial charge in [0.05, 0.1) is 12.5 Å². The lowest BCUT2D eigenvalue weighted by Gasteiger charge is -2.49. The number of piperazine rings is 1. The summed E-state index contributed by atoms with van der Waals surface area (Å²) in [6.45, 7) is 9.47. The van der Waals surface area contributed by atoms with Gasteiger partial charge in [-0.3, -0.25) is 14.5 Å². The molecule has 2 amide bonds. The maximum atomic E-state index is 14.2.